The first kappa shape index (κ1) is 14.2. The van der Waals surface area contributed by atoms with Crippen molar-refractivity contribution in [1.29, 1.82) is 0 Å². The second-order valence-electron chi connectivity index (χ2n) is 5.16. The summed E-state index contributed by atoms with van der Waals surface area (Å²) in [5.41, 5.74) is 9.82. The largest absolute Gasteiger partial charge is 0.389 e. The Hall–Kier alpha value is -1.20. The maximum Gasteiger partial charge on any atom is 0.107 e. The van der Waals surface area contributed by atoms with Gasteiger partial charge in [0.2, 0.25) is 0 Å². The molecule has 2 heterocycles. The maximum atomic E-state index is 5.87. The number of thiocarbonyl (C=S) groups is 1. The van der Waals surface area contributed by atoms with Gasteiger partial charge in [0.15, 0.2) is 0 Å². The summed E-state index contributed by atoms with van der Waals surface area (Å²) in [5.74, 6) is 0.581. The number of aromatic nitrogens is 1. The summed E-state index contributed by atoms with van der Waals surface area (Å²) in [6.07, 6.45) is 1.14. The lowest BCUT2D eigenvalue weighted by Gasteiger charge is -2.23. The minimum Gasteiger partial charge on any atom is -0.389 e. The second kappa shape index (κ2) is 5.84. The Bertz CT molecular complexity index is 490. The molecule has 1 fully saturated rings. The molecule has 1 aliphatic rings. The lowest BCUT2D eigenvalue weighted by molar-refractivity contribution is 0.161. The van der Waals surface area contributed by atoms with Crippen molar-refractivity contribution in [3.05, 3.63) is 23.0 Å². The Morgan fingerprint density at radius 3 is 2.95 bits per heavy atom. The van der Waals surface area contributed by atoms with Gasteiger partial charge in [-0.3, -0.25) is 4.98 Å². The van der Waals surface area contributed by atoms with Gasteiger partial charge in [-0.05, 0) is 26.3 Å². The van der Waals surface area contributed by atoms with E-state index < -0.39 is 0 Å². The highest BCUT2D eigenvalue weighted by Crippen LogP contribution is 2.29. The number of methoxy groups -OCH3 is 1. The fourth-order valence-electron chi connectivity index (χ4n) is 2.79. The number of hydrogen-bond donors (Lipinski definition) is 1. The number of rotatable bonds is 4. The molecule has 0 aliphatic carbocycles. The fourth-order valence-corrected chi connectivity index (χ4v) is 3.04. The molecular formula is C14H21N3OS. The van der Waals surface area contributed by atoms with E-state index in [4.69, 9.17) is 22.7 Å². The van der Waals surface area contributed by atoms with Gasteiger partial charge in [-0.1, -0.05) is 12.2 Å². The molecule has 2 rings (SSSR count). The van der Waals surface area contributed by atoms with Gasteiger partial charge in [-0.15, -0.1) is 0 Å². The van der Waals surface area contributed by atoms with Gasteiger partial charge in [0.1, 0.15) is 4.99 Å². The molecule has 1 atom stereocenters. The molecule has 1 aliphatic heterocycles. The Balaban J connectivity index is 2.32. The zero-order valence-corrected chi connectivity index (χ0v) is 12.6. The Morgan fingerprint density at radius 2 is 2.32 bits per heavy atom. The van der Waals surface area contributed by atoms with Gasteiger partial charge in [0.05, 0.1) is 17.9 Å². The van der Waals surface area contributed by atoms with Crippen molar-refractivity contribution in [3.63, 3.8) is 0 Å². The molecule has 0 saturated carbocycles. The molecule has 1 unspecified atom stereocenters. The van der Waals surface area contributed by atoms with Crippen LogP contribution in [0, 0.1) is 19.8 Å². The molecule has 2 N–H and O–H groups in total. The minimum atomic E-state index is 0.426. The summed E-state index contributed by atoms with van der Waals surface area (Å²) in [7, 11) is 1.75. The number of hydrogen-bond acceptors (Lipinski definition) is 4. The molecule has 19 heavy (non-hydrogen) atoms. The van der Waals surface area contributed by atoms with Crippen LogP contribution in [0.4, 0.5) is 5.69 Å². The van der Waals surface area contributed by atoms with E-state index in [0.29, 0.717) is 10.9 Å². The molecule has 0 radical (unpaired) electrons. The van der Waals surface area contributed by atoms with Crippen LogP contribution in [0.3, 0.4) is 0 Å². The molecule has 1 aromatic heterocycles. The quantitative estimate of drug-likeness (QED) is 0.852. The average molecular weight is 279 g/mol. The summed E-state index contributed by atoms with van der Waals surface area (Å²) < 4.78 is 5.25. The van der Waals surface area contributed by atoms with Crippen molar-refractivity contribution < 1.29 is 4.74 Å². The Morgan fingerprint density at radius 1 is 1.58 bits per heavy atom. The van der Waals surface area contributed by atoms with E-state index in [0.717, 1.165) is 48.8 Å². The van der Waals surface area contributed by atoms with Crippen molar-refractivity contribution in [1.82, 2.24) is 4.98 Å². The maximum absolute atomic E-state index is 5.87. The third kappa shape index (κ3) is 3.04. The molecule has 104 valence electrons. The van der Waals surface area contributed by atoms with Crippen LogP contribution >= 0.6 is 12.2 Å². The van der Waals surface area contributed by atoms with E-state index in [2.05, 4.69) is 16.0 Å². The van der Waals surface area contributed by atoms with Crippen molar-refractivity contribution in [2.45, 2.75) is 20.3 Å². The molecule has 0 bridgehead atoms. The van der Waals surface area contributed by atoms with E-state index in [1.165, 1.54) is 0 Å². The van der Waals surface area contributed by atoms with Crippen LogP contribution in [0.15, 0.2) is 6.07 Å². The van der Waals surface area contributed by atoms with Crippen molar-refractivity contribution in [2.75, 3.05) is 31.7 Å². The SMILES string of the molecule is COCC1CCN(c2cc(C)nc(C)c2C(N)=S)C1. The minimum absolute atomic E-state index is 0.426. The zero-order valence-electron chi connectivity index (χ0n) is 11.8. The first-order chi connectivity index (χ1) is 9.02. The molecule has 0 amide bonds. The van der Waals surface area contributed by atoms with Gasteiger partial charge in [-0.2, -0.15) is 0 Å². The van der Waals surface area contributed by atoms with E-state index in [1.807, 2.05) is 13.8 Å². The van der Waals surface area contributed by atoms with E-state index in [1.54, 1.807) is 7.11 Å². The van der Waals surface area contributed by atoms with Crippen LogP contribution in [-0.4, -0.2) is 36.8 Å². The standard InChI is InChI=1S/C14H21N3OS/c1-9-6-12(13(14(15)19)10(2)16-9)17-5-4-11(7-17)8-18-3/h6,11H,4-5,7-8H2,1-3H3,(H2,15,19). The third-order valence-corrected chi connectivity index (χ3v) is 3.79. The van der Waals surface area contributed by atoms with Gasteiger partial charge in [0, 0.05) is 37.5 Å². The second-order valence-corrected chi connectivity index (χ2v) is 5.60. The van der Waals surface area contributed by atoms with Gasteiger partial charge in [0.25, 0.3) is 0 Å². The number of nitrogens with two attached hydrogens (primary N) is 1. The van der Waals surface area contributed by atoms with E-state index in [-0.39, 0.29) is 0 Å². The topological polar surface area (TPSA) is 51.4 Å². The highest BCUT2D eigenvalue weighted by molar-refractivity contribution is 7.80. The normalized spacial score (nSPS) is 18.9. The Kier molecular flexibility index (Phi) is 4.37. The third-order valence-electron chi connectivity index (χ3n) is 3.58. The summed E-state index contributed by atoms with van der Waals surface area (Å²) in [5, 5.41) is 0. The summed E-state index contributed by atoms with van der Waals surface area (Å²) in [4.78, 5) is 7.24. The van der Waals surface area contributed by atoms with E-state index >= 15 is 0 Å². The summed E-state index contributed by atoms with van der Waals surface area (Å²) in [6.45, 7) is 6.79. The lowest BCUT2D eigenvalue weighted by atomic mass is 10.1. The van der Waals surface area contributed by atoms with Crippen LogP contribution in [0.25, 0.3) is 0 Å². The zero-order chi connectivity index (χ0) is 14.0. The van der Waals surface area contributed by atoms with Crippen LogP contribution in [0.5, 0.6) is 0 Å². The fraction of sp³-hybridized carbons (Fsp3) is 0.571. The van der Waals surface area contributed by atoms with Crippen LogP contribution < -0.4 is 10.6 Å². The summed E-state index contributed by atoms with van der Waals surface area (Å²) in [6, 6.07) is 2.08. The first-order valence-electron chi connectivity index (χ1n) is 6.55. The van der Waals surface area contributed by atoms with Gasteiger partial charge < -0.3 is 15.4 Å². The number of aryl methyl sites for hydroxylation is 2. The summed E-state index contributed by atoms with van der Waals surface area (Å²) >= 11 is 5.18. The molecular weight excluding hydrogens is 258 g/mol. The number of anilines is 1. The van der Waals surface area contributed by atoms with E-state index in [9.17, 15) is 0 Å². The van der Waals surface area contributed by atoms with Crippen LogP contribution in [0.1, 0.15) is 23.4 Å². The lowest BCUT2D eigenvalue weighted by Crippen LogP contribution is -2.26. The van der Waals surface area contributed by atoms with Gasteiger partial charge in [-0.25, -0.2) is 0 Å². The van der Waals surface area contributed by atoms with Crippen molar-refractivity contribution in [2.24, 2.45) is 11.7 Å². The number of pyridine rings is 1. The average Bonchev–Trinajstić information content (AvgIpc) is 2.76. The molecule has 1 aromatic rings. The van der Waals surface area contributed by atoms with Crippen molar-refractivity contribution in [3.8, 4) is 0 Å². The van der Waals surface area contributed by atoms with Crippen LogP contribution in [-0.2, 0) is 4.74 Å². The molecule has 0 spiro atoms. The monoisotopic (exact) mass is 279 g/mol. The predicted octanol–water partition coefficient (Wildman–Crippen LogP) is 1.81. The predicted molar refractivity (Wildman–Crippen MR) is 81.8 cm³/mol. The highest BCUT2D eigenvalue weighted by atomic mass is 32.1. The molecule has 1 saturated heterocycles. The number of ether oxygens (including phenoxy) is 1. The molecule has 5 heteroatoms. The van der Waals surface area contributed by atoms with Gasteiger partial charge >= 0.3 is 0 Å². The van der Waals surface area contributed by atoms with Crippen LogP contribution in [0.2, 0.25) is 0 Å². The first-order valence-corrected chi connectivity index (χ1v) is 6.95. The van der Waals surface area contributed by atoms with Crippen molar-refractivity contribution >= 4 is 22.9 Å². The molecule has 4 nitrogen and oxygen atoms in total. The molecule has 0 aromatic carbocycles. The Labute approximate surface area is 120 Å². The smallest absolute Gasteiger partial charge is 0.107 e. The number of nitrogens with zero attached hydrogens (tertiary/aromatic N) is 2. The highest BCUT2D eigenvalue weighted by Gasteiger charge is 2.25.